The third kappa shape index (κ3) is 3.97. The first-order valence-corrected chi connectivity index (χ1v) is 8.87. The second-order valence-electron chi connectivity index (χ2n) is 5.66. The maximum atomic E-state index is 12.3. The molecule has 0 fully saturated rings. The van der Waals surface area contributed by atoms with Crippen LogP contribution in [-0.2, 0) is 20.9 Å². The van der Waals surface area contributed by atoms with Crippen molar-refractivity contribution in [1.82, 2.24) is 4.57 Å². The molecule has 0 saturated carbocycles. The van der Waals surface area contributed by atoms with Gasteiger partial charge in [0.25, 0.3) is 5.91 Å². The first kappa shape index (κ1) is 17.8. The van der Waals surface area contributed by atoms with E-state index < -0.39 is 0 Å². The number of hydrogen-bond acceptors (Lipinski definition) is 4. The van der Waals surface area contributed by atoms with E-state index in [1.165, 1.54) is 24.5 Å². The lowest BCUT2D eigenvalue weighted by Gasteiger charge is -2.05. The first-order valence-electron chi connectivity index (χ1n) is 8.06. The van der Waals surface area contributed by atoms with Crippen LogP contribution in [0.1, 0.15) is 11.1 Å². The van der Waals surface area contributed by atoms with Crippen LogP contribution in [0.2, 0.25) is 0 Å². The minimum atomic E-state index is -0.387. The lowest BCUT2D eigenvalue weighted by atomic mass is 10.2. The number of ether oxygens (including phenoxy) is 1. The molecule has 5 nitrogen and oxygen atoms in total. The number of aryl methyl sites for hydroxylation is 1. The predicted octanol–water partition coefficient (Wildman–Crippen LogP) is 3.32. The standard InChI is InChI=1S/C20H18N2O3S/c1-14-7-6-10-16-19(14)22(13-18(24)25-2)20(26-16)21-17(23)12-11-15-8-4-3-5-9-15/h3-12H,13H2,1-2H3. The lowest BCUT2D eigenvalue weighted by molar-refractivity contribution is -0.141. The van der Waals surface area contributed by atoms with Crippen LogP contribution in [0.3, 0.4) is 0 Å². The molecule has 0 atom stereocenters. The number of amides is 1. The molecule has 2 aromatic carbocycles. The van der Waals surface area contributed by atoms with Crippen molar-refractivity contribution < 1.29 is 14.3 Å². The van der Waals surface area contributed by atoms with Gasteiger partial charge in [0.1, 0.15) is 6.54 Å². The van der Waals surface area contributed by atoms with Gasteiger partial charge in [-0.2, -0.15) is 4.99 Å². The number of nitrogens with zero attached hydrogens (tertiary/aromatic N) is 2. The highest BCUT2D eigenvalue weighted by atomic mass is 32.1. The lowest BCUT2D eigenvalue weighted by Crippen LogP contribution is -2.22. The largest absolute Gasteiger partial charge is 0.468 e. The smallest absolute Gasteiger partial charge is 0.325 e. The maximum Gasteiger partial charge on any atom is 0.325 e. The zero-order chi connectivity index (χ0) is 18.5. The normalized spacial score (nSPS) is 12.0. The molecule has 1 amide bonds. The van der Waals surface area contributed by atoms with Gasteiger partial charge in [0.15, 0.2) is 4.80 Å². The number of carbonyl (C=O) groups is 2. The van der Waals surface area contributed by atoms with Gasteiger partial charge in [-0.25, -0.2) is 0 Å². The van der Waals surface area contributed by atoms with E-state index in [1.54, 1.807) is 10.6 Å². The number of methoxy groups -OCH3 is 1. The molecule has 0 aliphatic carbocycles. The monoisotopic (exact) mass is 366 g/mol. The number of thiazole rings is 1. The molecule has 6 heteroatoms. The summed E-state index contributed by atoms with van der Waals surface area (Å²) in [6, 6.07) is 15.4. The number of hydrogen-bond donors (Lipinski definition) is 0. The molecule has 0 bridgehead atoms. The minimum Gasteiger partial charge on any atom is -0.468 e. The summed E-state index contributed by atoms with van der Waals surface area (Å²) >= 11 is 1.37. The van der Waals surface area contributed by atoms with Gasteiger partial charge < -0.3 is 9.30 Å². The van der Waals surface area contributed by atoms with Crippen molar-refractivity contribution in [3.63, 3.8) is 0 Å². The zero-order valence-electron chi connectivity index (χ0n) is 14.5. The van der Waals surface area contributed by atoms with Crippen LogP contribution in [0.5, 0.6) is 0 Å². The number of para-hydroxylation sites is 1. The van der Waals surface area contributed by atoms with Crippen molar-refractivity contribution in [2.75, 3.05) is 7.11 Å². The Balaban J connectivity index is 2.03. The van der Waals surface area contributed by atoms with Crippen molar-refractivity contribution in [3.8, 4) is 0 Å². The Bertz CT molecular complexity index is 1050. The summed E-state index contributed by atoms with van der Waals surface area (Å²) in [6.45, 7) is 1.97. The molecule has 132 valence electrons. The van der Waals surface area contributed by atoms with Crippen molar-refractivity contribution in [3.05, 3.63) is 70.5 Å². The van der Waals surface area contributed by atoms with Crippen LogP contribution in [-0.4, -0.2) is 23.6 Å². The second-order valence-corrected chi connectivity index (χ2v) is 6.67. The van der Waals surface area contributed by atoms with Crippen molar-refractivity contribution in [2.24, 2.45) is 4.99 Å². The summed E-state index contributed by atoms with van der Waals surface area (Å²) in [6.07, 6.45) is 3.14. The zero-order valence-corrected chi connectivity index (χ0v) is 15.3. The summed E-state index contributed by atoms with van der Waals surface area (Å²) in [4.78, 5) is 28.7. The SMILES string of the molecule is COC(=O)Cn1c(=NC(=O)C=Cc2ccccc2)sc2cccc(C)c21. The van der Waals surface area contributed by atoms with Gasteiger partial charge in [-0.1, -0.05) is 53.8 Å². The Morgan fingerprint density at radius 1 is 1.15 bits per heavy atom. The Labute approximate surface area is 154 Å². The highest BCUT2D eigenvalue weighted by molar-refractivity contribution is 7.16. The molecule has 1 heterocycles. The maximum absolute atomic E-state index is 12.3. The van der Waals surface area contributed by atoms with Gasteiger partial charge in [-0.3, -0.25) is 9.59 Å². The molecule has 0 aliphatic rings. The van der Waals surface area contributed by atoms with Crippen LogP contribution < -0.4 is 4.80 Å². The summed E-state index contributed by atoms with van der Waals surface area (Å²) < 4.78 is 7.48. The molecule has 0 spiro atoms. The van der Waals surface area contributed by atoms with E-state index >= 15 is 0 Å². The van der Waals surface area contributed by atoms with Gasteiger partial charge in [0.05, 0.1) is 17.3 Å². The Morgan fingerprint density at radius 2 is 1.92 bits per heavy atom. The molecule has 0 saturated heterocycles. The van der Waals surface area contributed by atoms with E-state index in [2.05, 4.69) is 4.99 Å². The first-order chi connectivity index (χ1) is 12.6. The van der Waals surface area contributed by atoms with Crippen LogP contribution >= 0.6 is 11.3 Å². The molecule has 1 aromatic heterocycles. The van der Waals surface area contributed by atoms with Crippen LogP contribution in [0.25, 0.3) is 16.3 Å². The Hall–Kier alpha value is -2.99. The average Bonchev–Trinajstić information content (AvgIpc) is 2.99. The van der Waals surface area contributed by atoms with Gasteiger partial charge in [-0.15, -0.1) is 0 Å². The number of esters is 1. The number of benzene rings is 2. The molecule has 0 N–H and O–H groups in total. The summed E-state index contributed by atoms with van der Waals surface area (Å²) in [7, 11) is 1.34. The fraction of sp³-hybridized carbons (Fsp3) is 0.150. The topological polar surface area (TPSA) is 60.7 Å². The molecule has 26 heavy (non-hydrogen) atoms. The summed E-state index contributed by atoms with van der Waals surface area (Å²) in [5.74, 6) is -0.765. The number of aromatic nitrogens is 1. The van der Waals surface area contributed by atoms with Crippen LogP contribution in [0.15, 0.2) is 59.6 Å². The summed E-state index contributed by atoms with van der Waals surface area (Å²) in [5.41, 5.74) is 2.82. The average molecular weight is 366 g/mol. The second kappa shape index (κ2) is 7.93. The van der Waals surface area contributed by atoms with Crippen molar-refractivity contribution >= 4 is 39.5 Å². The molecule has 0 unspecified atom stereocenters. The van der Waals surface area contributed by atoms with Gasteiger partial charge in [0, 0.05) is 6.08 Å². The van der Waals surface area contributed by atoms with Crippen molar-refractivity contribution in [1.29, 1.82) is 0 Å². The molecule has 0 aliphatic heterocycles. The van der Waals surface area contributed by atoms with E-state index in [9.17, 15) is 9.59 Å². The van der Waals surface area contributed by atoms with E-state index in [0.717, 1.165) is 21.3 Å². The highest BCUT2D eigenvalue weighted by Crippen LogP contribution is 2.21. The van der Waals surface area contributed by atoms with Gasteiger partial charge >= 0.3 is 5.97 Å². The number of rotatable bonds is 4. The number of fused-ring (bicyclic) bond motifs is 1. The third-order valence-corrected chi connectivity index (χ3v) is 4.89. The molecular formula is C20H18N2O3S. The molecule has 3 aromatic rings. The quantitative estimate of drug-likeness (QED) is 0.526. The third-order valence-electron chi connectivity index (χ3n) is 3.84. The minimum absolute atomic E-state index is 0.00979. The summed E-state index contributed by atoms with van der Waals surface area (Å²) in [5, 5.41) is 0. The fourth-order valence-corrected chi connectivity index (χ4v) is 3.71. The van der Waals surface area contributed by atoms with Gasteiger partial charge in [-0.05, 0) is 30.2 Å². The fourth-order valence-electron chi connectivity index (χ4n) is 2.60. The van der Waals surface area contributed by atoms with E-state index in [4.69, 9.17) is 4.74 Å². The van der Waals surface area contributed by atoms with Crippen LogP contribution in [0.4, 0.5) is 0 Å². The highest BCUT2D eigenvalue weighted by Gasteiger charge is 2.12. The molecule has 0 radical (unpaired) electrons. The van der Waals surface area contributed by atoms with Gasteiger partial charge in [0.2, 0.25) is 0 Å². The van der Waals surface area contributed by atoms with E-state index in [0.29, 0.717) is 4.80 Å². The molecule has 3 rings (SSSR count). The van der Waals surface area contributed by atoms with Crippen LogP contribution in [0, 0.1) is 6.92 Å². The Kier molecular flexibility index (Phi) is 5.43. The number of carbonyl (C=O) groups excluding carboxylic acids is 2. The predicted molar refractivity (Wildman–Crippen MR) is 103 cm³/mol. The van der Waals surface area contributed by atoms with E-state index in [1.807, 2.05) is 55.5 Å². The molecular weight excluding hydrogens is 348 g/mol. The van der Waals surface area contributed by atoms with Crippen molar-refractivity contribution in [2.45, 2.75) is 13.5 Å². The van der Waals surface area contributed by atoms with E-state index in [-0.39, 0.29) is 18.4 Å². The Morgan fingerprint density at radius 3 is 2.65 bits per heavy atom.